The van der Waals surface area contributed by atoms with Crippen LogP contribution in [0, 0.1) is 0 Å². The minimum Gasteiger partial charge on any atom is -0.330 e. The predicted octanol–water partition coefficient (Wildman–Crippen LogP) is 1.80. The Kier molecular flexibility index (Phi) is 4.72. The van der Waals surface area contributed by atoms with Crippen molar-refractivity contribution >= 4 is 11.8 Å². The largest absolute Gasteiger partial charge is 0.330 e. The monoisotopic (exact) mass is 263 g/mol. The number of nitrogens with zero attached hydrogens (tertiary/aromatic N) is 4. The molecule has 1 aromatic carbocycles. The predicted molar refractivity (Wildman–Crippen MR) is 73.3 cm³/mol. The minimum absolute atomic E-state index is 0.644. The quantitative estimate of drug-likeness (QED) is 0.805. The number of aryl methyl sites for hydroxylation is 1. The van der Waals surface area contributed by atoms with Crippen molar-refractivity contribution in [2.24, 2.45) is 5.73 Å². The SMILES string of the molecule is CCSc1ccc(-c2nnnn2CCCN)cc1. The standard InChI is InChI=1S/C12H17N5S/c1-2-18-11-6-4-10(5-7-11)12-14-15-16-17(12)9-3-8-13/h4-7H,2-3,8-9,13H2,1H3. The molecule has 18 heavy (non-hydrogen) atoms. The zero-order valence-corrected chi connectivity index (χ0v) is 11.2. The van der Waals surface area contributed by atoms with Gasteiger partial charge in [0, 0.05) is 17.0 Å². The Bertz CT molecular complexity index is 479. The first-order valence-electron chi connectivity index (χ1n) is 6.04. The highest BCUT2D eigenvalue weighted by molar-refractivity contribution is 7.99. The Morgan fingerprint density at radius 3 is 2.72 bits per heavy atom. The van der Waals surface area contributed by atoms with Gasteiger partial charge in [0.15, 0.2) is 5.82 Å². The summed E-state index contributed by atoms with van der Waals surface area (Å²) in [5.41, 5.74) is 6.54. The van der Waals surface area contributed by atoms with E-state index in [0.29, 0.717) is 6.54 Å². The van der Waals surface area contributed by atoms with Gasteiger partial charge in [0.2, 0.25) is 0 Å². The van der Waals surface area contributed by atoms with E-state index in [0.717, 1.165) is 30.1 Å². The van der Waals surface area contributed by atoms with Crippen LogP contribution in [0.4, 0.5) is 0 Å². The first kappa shape index (κ1) is 13.0. The topological polar surface area (TPSA) is 69.6 Å². The Morgan fingerprint density at radius 2 is 2.06 bits per heavy atom. The lowest BCUT2D eigenvalue weighted by Crippen LogP contribution is -2.08. The van der Waals surface area contributed by atoms with Gasteiger partial charge in [-0.3, -0.25) is 0 Å². The van der Waals surface area contributed by atoms with E-state index < -0.39 is 0 Å². The number of rotatable bonds is 6. The summed E-state index contributed by atoms with van der Waals surface area (Å²) in [4.78, 5) is 1.27. The molecule has 0 aliphatic heterocycles. The molecule has 2 rings (SSSR count). The molecule has 0 bridgehead atoms. The molecular formula is C12H17N5S. The van der Waals surface area contributed by atoms with Crippen LogP contribution in [0.25, 0.3) is 11.4 Å². The van der Waals surface area contributed by atoms with Crippen LogP contribution in [0.2, 0.25) is 0 Å². The number of hydrogen-bond acceptors (Lipinski definition) is 5. The van der Waals surface area contributed by atoms with Gasteiger partial charge in [0.05, 0.1) is 0 Å². The summed E-state index contributed by atoms with van der Waals surface area (Å²) in [5.74, 6) is 1.88. The highest BCUT2D eigenvalue weighted by Crippen LogP contribution is 2.22. The lowest BCUT2D eigenvalue weighted by atomic mass is 10.2. The van der Waals surface area contributed by atoms with E-state index in [-0.39, 0.29) is 0 Å². The van der Waals surface area contributed by atoms with E-state index in [2.05, 4.69) is 46.7 Å². The first-order chi connectivity index (χ1) is 8.85. The molecule has 2 aromatic rings. The summed E-state index contributed by atoms with van der Waals surface area (Å²) in [5, 5.41) is 11.8. The van der Waals surface area contributed by atoms with Crippen molar-refractivity contribution in [2.45, 2.75) is 24.8 Å². The lowest BCUT2D eigenvalue weighted by molar-refractivity contribution is 0.568. The Morgan fingerprint density at radius 1 is 1.28 bits per heavy atom. The highest BCUT2D eigenvalue weighted by atomic mass is 32.2. The van der Waals surface area contributed by atoms with Gasteiger partial charge in [-0.15, -0.1) is 16.9 Å². The third kappa shape index (κ3) is 3.08. The summed E-state index contributed by atoms with van der Waals surface area (Å²) < 4.78 is 1.80. The second kappa shape index (κ2) is 6.51. The second-order valence-corrected chi connectivity index (χ2v) is 5.16. The van der Waals surface area contributed by atoms with Crippen molar-refractivity contribution in [1.29, 1.82) is 0 Å². The summed E-state index contributed by atoms with van der Waals surface area (Å²) in [6, 6.07) is 8.32. The van der Waals surface area contributed by atoms with Crippen molar-refractivity contribution in [2.75, 3.05) is 12.3 Å². The first-order valence-corrected chi connectivity index (χ1v) is 7.03. The third-order valence-corrected chi connectivity index (χ3v) is 3.42. The number of tetrazole rings is 1. The van der Waals surface area contributed by atoms with Crippen LogP contribution >= 0.6 is 11.8 Å². The normalized spacial score (nSPS) is 10.8. The molecule has 0 amide bonds. The maximum Gasteiger partial charge on any atom is 0.182 e. The van der Waals surface area contributed by atoms with Crippen LogP contribution in [-0.2, 0) is 6.54 Å². The molecule has 0 atom stereocenters. The van der Waals surface area contributed by atoms with Gasteiger partial charge in [0.1, 0.15) is 0 Å². The van der Waals surface area contributed by atoms with Crippen molar-refractivity contribution in [3.63, 3.8) is 0 Å². The Hall–Kier alpha value is -1.40. The van der Waals surface area contributed by atoms with Gasteiger partial charge in [-0.05, 0) is 41.3 Å². The van der Waals surface area contributed by atoms with Crippen molar-refractivity contribution < 1.29 is 0 Å². The molecule has 0 fully saturated rings. The fourth-order valence-electron chi connectivity index (χ4n) is 1.67. The Balaban J connectivity index is 2.17. The molecule has 2 N–H and O–H groups in total. The van der Waals surface area contributed by atoms with E-state index in [1.54, 1.807) is 4.68 Å². The van der Waals surface area contributed by atoms with Gasteiger partial charge >= 0.3 is 0 Å². The number of benzene rings is 1. The van der Waals surface area contributed by atoms with Crippen LogP contribution in [0.5, 0.6) is 0 Å². The van der Waals surface area contributed by atoms with Crippen molar-refractivity contribution in [3.8, 4) is 11.4 Å². The lowest BCUT2D eigenvalue weighted by Gasteiger charge is -2.04. The Labute approximate surface area is 111 Å². The number of hydrogen-bond donors (Lipinski definition) is 1. The van der Waals surface area contributed by atoms with Crippen LogP contribution in [0.1, 0.15) is 13.3 Å². The van der Waals surface area contributed by atoms with Crippen LogP contribution in [0.15, 0.2) is 29.2 Å². The fourth-order valence-corrected chi connectivity index (χ4v) is 2.33. The van der Waals surface area contributed by atoms with E-state index >= 15 is 0 Å². The van der Waals surface area contributed by atoms with Gasteiger partial charge in [-0.25, -0.2) is 4.68 Å². The van der Waals surface area contributed by atoms with Crippen molar-refractivity contribution in [3.05, 3.63) is 24.3 Å². The molecule has 0 radical (unpaired) electrons. The van der Waals surface area contributed by atoms with Gasteiger partial charge < -0.3 is 5.73 Å². The van der Waals surface area contributed by atoms with Gasteiger partial charge in [-0.2, -0.15) is 0 Å². The fraction of sp³-hybridized carbons (Fsp3) is 0.417. The second-order valence-electron chi connectivity index (χ2n) is 3.83. The summed E-state index contributed by atoms with van der Waals surface area (Å²) in [7, 11) is 0. The molecule has 6 heteroatoms. The molecule has 1 aromatic heterocycles. The molecule has 5 nitrogen and oxygen atoms in total. The molecule has 0 aliphatic carbocycles. The smallest absolute Gasteiger partial charge is 0.182 e. The zero-order chi connectivity index (χ0) is 12.8. The van der Waals surface area contributed by atoms with Gasteiger partial charge in [-0.1, -0.05) is 19.1 Å². The van der Waals surface area contributed by atoms with Crippen LogP contribution in [-0.4, -0.2) is 32.5 Å². The maximum atomic E-state index is 5.50. The average molecular weight is 263 g/mol. The van der Waals surface area contributed by atoms with E-state index in [9.17, 15) is 0 Å². The number of nitrogens with two attached hydrogens (primary N) is 1. The number of thioether (sulfide) groups is 1. The summed E-state index contributed by atoms with van der Waals surface area (Å²) >= 11 is 1.82. The molecule has 96 valence electrons. The van der Waals surface area contributed by atoms with E-state index in [1.807, 2.05) is 11.8 Å². The molecule has 0 spiro atoms. The number of aromatic nitrogens is 4. The van der Waals surface area contributed by atoms with Gasteiger partial charge in [0.25, 0.3) is 0 Å². The molecular weight excluding hydrogens is 246 g/mol. The summed E-state index contributed by atoms with van der Waals surface area (Å²) in [6.45, 7) is 3.54. The molecule has 0 saturated heterocycles. The van der Waals surface area contributed by atoms with Crippen LogP contribution in [0.3, 0.4) is 0 Å². The van der Waals surface area contributed by atoms with E-state index in [1.165, 1.54) is 4.90 Å². The average Bonchev–Trinajstić information content (AvgIpc) is 2.86. The third-order valence-electron chi connectivity index (χ3n) is 2.53. The van der Waals surface area contributed by atoms with E-state index in [4.69, 9.17) is 5.73 Å². The highest BCUT2D eigenvalue weighted by Gasteiger charge is 2.08. The summed E-state index contributed by atoms with van der Waals surface area (Å²) in [6.07, 6.45) is 0.877. The molecule has 0 unspecified atom stereocenters. The maximum absolute atomic E-state index is 5.50. The van der Waals surface area contributed by atoms with Crippen molar-refractivity contribution in [1.82, 2.24) is 20.2 Å². The molecule has 1 heterocycles. The zero-order valence-electron chi connectivity index (χ0n) is 10.4. The minimum atomic E-state index is 0.644. The molecule has 0 aliphatic rings. The van der Waals surface area contributed by atoms with Crippen LogP contribution < -0.4 is 5.73 Å². The molecule has 0 saturated carbocycles.